The van der Waals surface area contributed by atoms with E-state index in [1.54, 1.807) is 0 Å². The van der Waals surface area contributed by atoms with E-state index in [1.807, 2.05) is 18.2 Å². The molecule has 1 aliphatic rings. The van der Waals surface area contributed by atoms with Gasteiger partial charge < -0.3 is 9.72 Å². The molecule has 1 aliphatic carbocycles. The highest BCUT2D eigenvalue weighted by Crippen LogP contribution is 2.33. The molecule has 0 radical (unpaired) electrons. The van der Waals surface area contributed by atoms with Crippen molar-refractivity contribution in [3.63, 3.8) is 0 Å². The van der Waals surface area contributed by atoms with Gasteiger partial charge in [-0.3, -0.25) is 0 Å². The van der Waals surface area contributed by atoms with Crippen molar-refractivity contribution in [1.29, 1.82) is 0 Å². The van der Waals surface area contributed by atoms with Gasteiger partial charge in [0.1, 0.15) is 5.69 Å². The smallest absolute Gasteiger partial charge is 0.354 e. The molecule has 86 valence electrons. The average molecular weight is 227 g/mol. The van der Waals surface area contributed by atoms with E-state index in [9.17, 15) is 4.79 Å². The molecule has 0 atom stereocenters. The van der Waals surface area contributed by atoms with Gasteiger partial charge in [0.15, 0.2) is 0 Å². The summed E-state index contributed by atoms with van der Waals surface area (Å²) in [6.07, 6.45) is 2.00. The predicted molar refractivity (Wildman–Crippen MR) is 65.0 cm³/mol. The number of esters is 1. The number of methoxy groups -OCH3 is 1. The maximum atomic E-state index is 11.5. The van der Waals surface area contributed by atoms with Crippen LogP contribution in [0.4, 0.5) is 0 Å². The second-order valence-electron chi connectivity index (χ2n) is 4.23. The molecule has 0 spiro atoms. The Morgan fingerprint density at radius 2 is 2.00 bits per heavy atom. The molecule has 0 fully saturated rings. The largest absolute Gasteiger partial charge is 0.464 e. The van der Waals surface area contributed by atoms with Crippen LogP contribution in [-0.2, 0) is 17.6 Å². The summed E-state index contributed by atoms with van der Waals surface area (Å²) in [5.74, 6) is -0.308. The molecule has 0 unspecified atom stereocenters. The van der Waals surface area contributed by atoms with E-state index >= 15 is 0 Å². The minimum atomic E-state index is -0.308. The van der Waals surface area contributed by atoms with E-state index in [0.29, 0.717) is 5.69 Å². The Labute approximate surface area is 99.4 Å². The van der Waals surface area contributed by atoms with Gasteiger partial charge in [-0.1, -0.05) is 24.3 Å². The Hall–Kier alpha value is -2.03. The lowest BCUT2D eigenvalue weighted by Crippen LogP contribution is -2.02. The molecule has 17 heavy (non-hydrogen) atoms. The Morgan fingerprint density at radius 3 is 2.82 bits per heavy atom. The number of carbonyl (C=O) groups excluding carboxylic acids is 1. The van der Waals surface area contributed by atoms with Crippen molar-refractivity contribution in [3.8, 4) is 11.3 Å². The minimum Gasteiger partial charge on any atom is -0.464 e. The standard InChI is InChI=1S/C14H13NO2/c1-17-14(16)12-8-10-7-6-9-4-2-3-5-11(9)13(10)15-12/h2-5,8,15H,6-7H2,1H3. The van der Waals surface area contributed by atoms with Crippen LogP contribution in [0.2, 0.25) is 0 Å². The van der Waals surface area contributed by atoms with Crippen molar-refractivity contribution in [2.45, 2.75) is 12.8 Å². The van der Waals surface area contributed by atoms with Gasteiger partial charge in [0, 0.05) is 11.3 Å². The van der Waals surface area contributed by atoms with Gasteiger partial charge in [-0.25, -0.2) is 4.79 Å². The van der Waals surface area contributed by atoms with E-state index in [1.165, 1.54) is 23.8 Å². The first-order valence-electron chi connectivity index (χ1n) is 5.68. The lowest BCUT2D eigenvalue weighted by atomic mass is 9.90. The van der Waals surface area contributed by atoms with Crippen LogP contribution in [0.1, 0.15) is 21.6 Å². The number of rotatable bonds is 1. The fourth-order valence-corrected chi connectivity index (χ4v) is 2.41. The van der Waals surface area contributed by atoms with Crippen LogP contribution >= 0.6 is 0 Å². The predicted octanol–water partition coefficient (Wildman–Crippen LogP) is 2.57. The number of carbonyl (C=O) groups is 1. The van der Waals surface area contributed by atoms with Gasteiger partial charge in [-0.15, -0.1) is 0 Å². The maximum Gasteiger partial charge on any atom is 0.354 e. The Bertz CT molecular complexity index is 584. The highest BCUT2D eigenvalue weighted by atomic mass is 16.5. The fraction of sp³-hybridized carbons (Fsp3) is 0.214. The number of aryl methyl sites for hydroxylation is 2. The Kier molecular flexibility index (Phi) is 2.25. The number of nitrogens with one attached hydrogen (secondary N) is 1. The van der Waals surface area contributed by atoms with Crippen LogP contribution in [-0.4, -0.2) is 18.1 Å². The SMILES string of the molecule is COC(=O)c1cc2c([nH]1)-c1ccccc1CC2. The van der Waals surface area contributed by atoms with Crippen LogP contribution in [0.3, 0.4) is 0 Å². The summed E-state index contributed by atoms with van der Waals surface area (Å²) in [5.41, 5.74) is 5.33. The number of aromatic amines is 1. The van der Waals surface area contributed by atoms with Gasteiger partial charge in [-0.05, 0) is 30.0 Å². The Balaban J connectivity index is 2.13. The van der Waals surface area contributed by atoms with E-state index < -0.39 is 0 Å². The topological polar surface area (TPSA) is 42.1 Å². The van der Waals surface area contributed by atoms with Gasteiger partial charge in [0.25, 0.3) is 0 Å². The first-order valence-corrected chi connectivity index (χ1v) is 5.68. The number of H-pyrrole nitrogens is 1. The number of ether oxygens (including phenoxy) is 1. The number of hydrogen-bond acceptors (Lipinski definition) is 2. The molecule has 1 heterocycles. The molecule has 1 N–H and O–H groups in total. The van der Waals surface area contributed by atoms with Crippen LogP contribution in [0, 0.1) is 0 Å². The second kappa shape index (κ2) is 3.77. The van der Waals surface area contributed by atoms with Crippen molar-refractivity contribution in [2.24, 2.45) is 0 Å². The zero-order valence-electron chi connectivity index (χ0n) is 9.62. The minimum absolute atomic E-state index is 0.308. The van der Waals surface area contributed by atoms with Gasteiger partial charge >= 0.3 is 5.97 Å². The molecule has 0 aliphatic heterocycles. The third-order valence-electron chi connectivity index (χ3n) is 3.26. The fourth-order valence-electron chi connectivity index (χ4n) is 2.41. The van der Waals surface area contributed by atoms with Crippen LogP contribution in [0.15, 0.2) is 30.3 Å². The lowest BCUT2D eigenvalue weighted by molar-refractivity contribution is 0.0595. The molecule has 0 saturated carbocycles. The van der Waals surface area contributed by atoms with E-state index in [4.69, 9.17) is 4.74 Å². The molecular weight excluding hydrogens is 214 g/mol. The molecule has 3 rings (SSSR count). The number of hydrogen-bond donors (Lipinski definition) is 1. The van der Waals surface area contributed by atoms with Crippen LogP contribution in [0.25, 0.3) is 11.3 Å². The summed E-state index contributed by atoms with van der Waals surface area (Å²) in [5, 5.41) is 0. The molecule has 0 saturated heterocycles. The molecular formula is C14H13NO2. The maximum absolute atomic E-state index is 11.5. The molecule has 2 aromatic rings. The first-order chi connectivity index (χ1) is 8.29. The highest BCUT2D eigenvalue weighted by Gasteiger charge is 2.20. The number of aromatic nitrogens is 1. The summed E-state index contributed by atoms with van der Waals surface area (Å²) in [6, 6.07) is 10.2. The third kappa shape index (κ3) is 1.55. The quantitative estimate of drug-likeness (QED) is 0.761. The summed E-state index contributed by atoms with van der Waals surface area (Å²) < 4.78 is 4.73. The van der Waals surface area contributed by atoms with Crippen LogP contribution < -0.4 is 0 Å². The van der Waals surface area contributed by atoms with Crippen molar-refractivity contribution >= 4 is 5.97 Å². The lowest BCUT2D eigenvalue weighted by Gasteiger charge is -2.15. The van der Waals surface area contributed by atoms with Crippen molar-refractivity contribution in [2.75, 3.05) is 7.11 Å². The highest BCUT2D eigenvalue weighted by molar-refractivity contribution is 5.89. The molecule has 3 nitrogen and oxygen atoms in total. The molecule has 0 amide bonds. The van der Waals surface area contributed by atoms with Gasteiger partial charge in [-0.2, -0.15) is 0 Å². The van der Waals surface area contributed by atoms with E-state index in [2.05, 4.69) is 17.1 Å². The average Bonchev–Trinajstić information content (AvgIpc) is 2.82. The zero-order valence-corrected chi connectivity index (χ0v) is 9.62. The van der Waals surface area contributed by atoms with Crippen molar-refractivity contribution in [1.82, 2.24) is 4.98 Å². The Morgan fingerprint density at radius 1 is 1.24 bits per heavy atom. The number of fused-ring (bicyclic) bond motifs is 3. The molecule has 1 aromatic heterocycles. The van der Waals surface area contributed by atoms with E-state index in [-0.39, 0.29) is 5.97 Å². The molecule has 3 heteroatoms. The zero-order chi connectivity index (χ0) is 11.8. The van der Waals surface area contributed by atoms with Crippen molar-refractivity contribution < 1.29 is 9.53 Å². The number of benzene rings is 1. The monoisotopic (exact) mass is 227 g/mol. The van der Waals surface area contributed by atoms with Gasteiger partial charge in [0.2, 0.25) is 0 Å². The third-order valence-corrected chi connectivity index (χ3v) is 3.26. The summed E-state index contributed by atoms with van der Waals surface area (Å²) in [6.45, 7) is 0. The summed E-state index contributed by atoms with van der Waals surface area (Å²) in [7, 11) is 1.40. The second-order valence-corrected chi connectivity index (χ2v) is 4.23. The summed E-state index contributed by atoms with van der Waals surface area (Å²) in [4.78, 5) is 14.7. The normalized spacial score (nSPS) is 12.8. The molecule has 0 bridgehead atoms. The van der Waals surface area contributed by atoms with Crippen molar-refractivity contribution in [3.05, 3.63) is 47.2 Å². The van der Waals surface area contributed by atoms with Gasteiger partial charge in [0.05, 0.1) is 7.11 Å². The molecule has 1 aromatic carbocycles. The van der Waals surface area contributed by atoms with E-state index in [0.717, 1.165) is 18.5 Å². The van der Waals surface area contributed by atoms with Crippen LogP contribution in [0.5, 0.6) is 0 Å². The summed E-state index contributed by atoms with van der Waals surface area (Å²) >= 11 is 0. The first kappa shape index (κ1) is 10.1.